The third-order valence-corrected chi connectivity index (χ3v) is 5.10. The van der Waals surface area contributed by atoms with Crippen LogP contribution in [0.3, 0.4) is 0 Å². The van der Waals surface area contributed by atoms with Crippen LogP contribution >= 0.6 is 0 Å². The largest absolute Gasteiger partial charge is 0.457 e. The third-order valence-electron chi connectivity index (χ3n) is 5.10. The summed E-state index contributed by atoms with van der Waals surface area (Å²) in [6.07, 6.45) is 6.00. The number of nitrogens with zero attached hydrogens (tertiary/aromatic N) is 2. The molecule has 4 nitrogen and oxygen atoms in total. The van der Waals surface area contributed by atoms with Gasteiger partial charge < -0.3 is 4.74 Å². The van der Waals surface area contributed by atoms with Crippen LogP contribution in [-0.2, 0) is 28.8 Å². The number of esters is 1. The molecule has 1 aliphatic rings. The Labute approximate surface area is 159 Å². The molecule has 1 aliphatic carbocycles. The molecule has 4 heteroatoms. The number of carbonyl (C=O) groups is 1. The quantitative estimate of drug-likeness (QED) is 0.644. The van der Waals surface area contributed by atoms with Gasteiger partial charge in [0.05, 0.1) is 5.92 Å². The Bertz CT molecular complexity index is 897. The number of benzene rings is 2. The maximum Gasteiger partial charge on any atom is 0.309 e. The van der Waals surface area contributed by atoms with E-state index >= 15 is 0 Å². The van der Waals surface area contributed by atoms with Gasteiger partial charge in [0, 0.05) is 18.3 Å². The molecular weight excluding hydrogens is 336 g/mol. The first kappa shape index (κ1) is 17.4. The fourth-order valence-corrected chi connectivity index (χ4v) is 3.62. The predicted octanol–water partition coefficient (Wildman–Crippen LogP) is 4.11. The average molecular weight is 358 g/mol. The highest BCUT2D eigenvalue weighted by atomic mass is 16.5. The maximum absolute atomic E-state index is 12.9. The van der Waals surface area contributed by atoms with Crippen LogP contribution in [0.5, 0.6) is 0 Å². The van der Waals surface area contributed by atoms with E-state index < -0.39 is 0 Å². The minimum absolute atomic E-state index is 0.130. The molecule has 1 aromatic heterocycles. The summed E-state index contributed by atoms with van der Waals surface area (Å²) < 4.78 is 6.02. The average Bonchev–Trinajstić information content (AvgIpc) is 2.74. The Balaban J connectivity index is 1.50. The fraction of sp³-hybridized carbons (Fsp3) is 0.261. The van der Waals surface area contributed by atoms with E-state index in [0.717, 1.165) is 35.2 Å². The van der Waals surface area contributed by atoms with Crippen molar-refractivity contribution in [3.05, 3.63) is 95.6 Å². The van der Waals surface area contributed by atoms with Crippen molar-refractivity contribution >= 4 is 5.97 Å². The van der Waals surface area contributed by atoms with Crippen molar-refractivity contribution in [2.75, 3.05) is 0 Å². The maximum atomic E-state index is 12.9. The van der Waals surface area contributed by atoms with Gasteiger partial charge in [0.25, 0.3) is 0 Å². The molecule has 0 bridgehead atoms. The van der Waals surface area contributed by atoms with E-state index in [4.69, 9.17) is 4.74 Å². The van der Waals surface area contributed by atoms with Crippen LogP contribution in [-0.4, -0.2) is 15.9 Å². The molecule has 2 atom stereocenters. The Morgan fingerprint density at radius 1 is 1.07 bits per heavy atom. The molecule has 3 aromatic rings. The highest BCUT2D eigenvalue weighted by molar-refractivity contribution is 5.73. The second-order valence-corrected chi connectivity index (χ2v) is 6.96. The highest BCUT2D eigenvalue weighted by Crippen LogP contribution is 2.28. The lowest BCUT2D eigenvalue weighted by Gasteiger charge is -2.25. The van der Waals surface area contributed by atoms with E-state index in [1.54, 1.807) is 6.33 Å². The summed E-state index contributed by atoms with van der Waals surface area (Å²) in [7, 11) is 0. The molecular formula is C23H22N2O2. The van der Waals surface area contributed by atoms with Gasteiger partial charge in [-0.05, 0) is 36.0 Å². The predicted molar refractivity (Wildman–Crippen MR) is 103 cm³/mol. The topological polar surface area (TPSA) is 52.1 Å². The van der Waals surface area contributed by atoms with Gasteiger partial charge >= 0.3 is 5.97 Å². The number of aryl methyl sites for hydroxylation is 1. The first-order valence-corrected chi connectivity index (χ1v) is 9.36. The van der Waals surface area contributed by atoms with Gasteiger partial charge in [-0.1, -0.05) is 60.7 Å². The van der Waals surface area contributed by atoms with Gasteiger partial charge in [-0.3, -0.25) is 4.79 Å². The van der Waals surface area contributed by atoms with Gasteiger partial charge in [-0.2, -0.15) is 0 Å². The summed E-state index contributed by atoms with van der Waals surface area (Å²) in [6, 6.07) is 20.1. The zero-order chi connectivity index (χ0) is 18.5. The molecule has 27 heavy (non-hydrogen) atoms. The van der Waals surface area contributed by atoms with Crippen LogP contribution in [0, 0.1) is 5.92 Å². The normalized spacial score (nSPS) is 17.0. The second kappa shape index (κ2) is 8.12. The SMILES string of the molecule is O=C(OC(Cc1ccccc1)c1ccccc1)C1CCc2ncncc2C1. The van der Waals surface area contributed by atoms with E-state index in [2.05, 4.69) is 22.1 Å². The summed E-state index contributed by atoms with van der Waals surface area (Å²) in [4.78, 5) is 21.3. The van der Waals surface area contributed by atoms with Crippen LogP contribution in [0.4, 0.5) is 0 Å². The molecule has 0 aliphatic heterocycles. The standard InChI is InChI=1S/C23H22N2O2/c26-23(19-11-12-21-20(14-19)15-24-16-25-21)27-22(18-9-5-2-6-10-18)13-17-7-3-1-4-8-17/h1-10,15-16,19,22H,11-14H2. The van der Waals surface area contributed by atoms with Crippen molar-refractivity contribution < 1.29 is 9.53 Å². The van der Waals surface area contributed by atoms with Crippen molar-refractivity contribution in [2.45, 2.75) is 31.8 Å². The van der Waals surface area contributed by atoms with Crippen molar-refractivity contribution in [3.63, 3.8) is 0 Å². The van der Waals surface area contributed by atoms with E-state index in [9.17, 15) is 4.79 Å². The Morgan fingerprint density at radius 2 is 1.81 bits per heavy atom. The van der Waals surface area contributed by atoms with E-state index in [0.29, 0.717) is 12.8 Å². The number of rotatable bonds is 5. The van der Waals surface area contributed by atoms with Crippen molar-refractivity contribution in [1.82, 2.24) is 9.97 Å². The van der Waals surface area contributed by atoms with E-state index in [-0.39, 0.29) is 18.0 Å². The molecule has 136 valence electrons. The monoisotopic (exact) mass is 358 g/mol. The molecule has 2 aromatic carbocycles. The number of aromatic nitrogens is 2. The first-order chi connectivity index (χ1) is 13.3. The number of hydrogen-bond donors (Lipinski definition) is 0. The first-order valence-electron chi connectivity index (χ1n) is 9.36. The zero-order valence-corrected chi connectivity index (χ0v) is 15.1. The van der Waals surface area contributed by atoms with Crippen LogP contribution in [0.2, 0.25) is 0 Å². The Kier molecular flexibility index (Phi) is 5.24. The van der Waals surface area contributed by atoms with Gasteiger partial charge in [-0.25, -0.2) is 9.97 Å². The highest BCUT2D eigenvalue weighted by Gasteiger charge is 2.29. The molecule has 0 saturated heterocycles. The molecule has 0 fully saturated rings. The van der Waals surface area contributed by atoms with Crippen molar-refractivity contribution in [3.8, 4) is 0 Å². The lowest BCUT2D eigenvalue weighted by atomic mass is 9.87. The third kappa shape index (κ3) is 4.22. The molecule has 0 amide bonds. The van der Waals surface area contributed by atoms with Gasteiger partial charge in [0.15, 0.2) is 0 Å². The lowest BCUT2D eigenvalue weighted by Crippen LogP contribution is -2.27. The zero-order valence-electron chi connectivity index (χ0n) is 15.1. The summed E-state index contributed by atoms with van der Waals surface area (Å²) in [5.41, 5.74) is 4.29. The minimum Gasteiger partial charge on any atom is -0.457 e. The number of ether oxygens (including phenoxy) is 1. The number of fused-ring (bicyclic) bond motifs is 1. The van der Waals surface area contributed by atoms with Gasteiger partial charge in [0.1, 0.15) is 12.4 Å². The van der Waals surface area contributed by atoms with Crippen molar-refractivity contribution in [2.24, 2.45) is 5.92 Å². The fourth-order valence-electron chi connectivity index (χ4n) is 3.62. The number of carbonyl (C=O) groups excluding carboxylic acids is 1. The van der Waals surface area contributed by atoms with Crippen LogP contribution in [0.15, 0.2) is 73.2 Å². The Hall–Kier alpha value is -3.01. The molecule has 2 unspecified atom stereocenters. The van der Waals surface area contributed by atoms with Crippen LogP contribution < -0.4 is 0 Å². The summed E-state index contributed by atoms with van der Waals surface area (Å²) in [5.74, 6) is -0.264. The smallest absolute Gasteiger partial charge is 0.309 e. The molecule has 1 heterocycles. The van der Waals surface area contributed by atoms with E-state index in [1.807, 2.05) is 54.7 Å². The summed E-state index contributed by atoms with van der Waals surface area (Å²) in [6.45, 7) is 0. The Morgan fingerprint density at radius 3 is 2.59 bits per heavy atom. The molecule has 0 saturated carbocycles. The van der Waals surface area contributed by atoms with Crippen molar-refractivity contribution in [1.29, 1.82) is 0 Å². The van der Waals surface area contributed by atoms with Crippen LogP contribution in [0.25, 0.3) is 0 Å². The molecule has 4 rings (SSSR count). The second-order valence-electron chi connectivity index (χ2n) is 6.96. The van der Waals surface area contributed by atoms with Crippen LogP contribution in [0.1, 0.15) is 34.9 Å². The van der Waals surface area contributed by atoms with Gasteiger partial charge in [0.2, 0.25) is 0 Å². The molecule has 0 N–H and O–H groups in total. The van der Waals surface area contributed by atoms with E-state index in [1.165, 1.54) is 0 Å². The molecule has 0 spiro atoms. The van der Waals surface area contributed by atoms with Gasteiger partial charge in [-0.15, -0.1) is 0 Å². The minimum atomic E-state index is -0.283. The lowest BCUT2D eigenvalue weighted by molar-refractivity contribution is -0.155. The number of hydrogen-bond acceptors (Lipinski definition) is 4. The summed E-state index contributed by atoms with van der Waals surface area (Å²) in [5, 5.41) is 0. The summed E-state index contributed by atoms with van der Waals surface area (Å²) >= 11 is 0. The molecule has 0 radical (unpaired) electrons.